The van der Waals surface area contributed by atoms with Gasteiger partial charge in [0.05, 0.1) is 19.6 Å². The molecule has 0 saturated carbocycles. The molecule has 0 saturated heterocycles. The number of aliphatic imine (C=N–C) groups is 1. The van der Waals surface area contributed by atoms with E-state index >= 15 is 0 Å². The average Bonchev–Trinajstić information content (AvgIpc) is 2.50. The summed E-state index contributed by atoms with van der Waals surface area (Å²) in [6.45, 7) is 0.585. The van der Waals surface area contributed by atoms with E-state index in [4.69, 9.17) is 0 Å². The molecule has 0 unspecified atom stereocenters. The quantitative estimate of drug-likeness (QED) is 0.407. The Bertz CT molecular complexity index is 572. The van der Waals surface area contributed by atoms with Crippen LogP contribution in [-0.2, 0) is 17.9 Å². The molecule has 4 nitrogen and oxygen atoms in total. The van der Waals surface area contributed by atoms with Gasteiger partial charge in [-0.05, 0) is 18.1 Å². The normalized spacial score (nSPS) is 13.0. The molecule has 10 heteroatoms. The molecule has 0 heterocycles. The number of guanidine groups is 1. The highest BCUT2D eigenvalue weighted by atomic mass is 19.4. The Morgan fingerprint density at radius 3 is 2.35 bits per heavy atom. The summed E-state index contributed by atoms with van der Waals surface area (Å²) in [5.41, 5.74) is 1.25. The zero-order chi connectivity index (χ0) is 19.6. The van der Waals surface area contributed by atoms with Crippen molar-refractivity contribution in [2.24, 2.45) is 4.99 Å². The van der Waals surface area contributed by atoms with Gasteiger partial charge >= 0.3 is 12.4 Å². The lowest BCUT2D eigenvalue weighted by atomic mass is 10.1. The second-order valence-electron chi connectivity index (χ2n) is 5.42. The van der Waals surface area contributed by atoms with Crippen molar-refractivity contribution in [2.45, 2.75) is 38.8 Å². The maximum Gasteiger partial charge on any atom is 0.411 e. The SMILES string of the molecule is CCNC(=NCc1cccc(COCC(F)(F)F)c1)NCCC(F)(F)F. The minimum absolute atomic E-state index is 0.161. The van der Waals surface area contributed by atoms with Crippen molar-refractivity contribution in [3.8, 4) is 0 Å². The molecule has 0 radical (unpaired) electrons. The van der Waals surface area contributed by atoms with Crippen LogP contribution >= 0.6 is 0 Å². The summed E-state index contributed by atoms with van der Waals surface area (Å²) in [6.07, 6.45) is -9.62. The maximum absolute atomic E-state index is 12.2. The highest BCUT2D eigenvalue weighted by Gasteiger charge is 2.27. The number of hydrogen-bond acceptors (Lipinski definition) is 2. The fraction of sp³-hybridized carbons (Fsp3) is 0.562. The van der Waals surface area contributed by atoms with Crippen molar-refractivity contribution in [1.29, 1.82) is 0 Å². The second kappa shape index (κ2) is 10.2. The molecule has 0 aliphatic carbocycles. The lowest BCUT2D eigenvalue weighted by Gasteiger charge is -2.12. The van der Waals surface area contributed by atoms with E-state index in [0.717, 1.165) is 0 Å². The standard InChI is InChI=1S/C16H21F6N3O/c1-2-23-14(24-7-6-15(17,18)19)25-9-12-4-3-5-13(8-12)10-26-11-16(20,21)22/h3-5,8H,2,6-7,9-11H2,1H3,(H2,23,24,25). The Hall–Kier alpha value is -1.97. The zero-order valence-electron chi connectivity index (χ0n) is 14.2. The minimum atomic E-state index is -4.38. The fourth-order valence-corrected chi connectivity index (χ4v) is 1.94. The highest BCUT2D eigenvalue weighted by Crippen LogP contribution is 2.18. The molecule has 0 aromatic heterocycles. The van der Waals surface area contributed by atoms with Gasteiger partial charge in [0.25, 0.3) is 0 Å². The molecule has 1 aromatic carbocycles. The third-order valence-corrected chi connectivity index (χ3v) is 2.99. The third kappa shape index (κ3) is 10.8. The van der Waals surface area contributed by atoms with Crippen molar-refractivity contribution in [3.63, 3.8) is 0 Å². The number of benzene rings is 1. The third-order valence-electron chi connectivity index (χ3n) is 2.99. The van der Waals surface area contributed by atoms with Crippen LogP contribution in [0.4, 0.5) is 26.3 Å². The van der Waals surface area contributed by atoms with Crippen molar-refractivity contribution in [2.75, 3.05) is 19.7 Å². The van der Waals surface area contributed by atoms with Gasteiger partial charge < -0.3 is 15.4 Å². The van der Waals surface area contributed by atoms with Gasteiger partial charge in [-0.3, -0.25) is 0 Å². The molecule has 148 valence electrons. The van der Waals surface area contributed by atoms with Crippen molar-refractivity contribution >= 4 is 5.96 Å². The van der Waals surface area contributed by atoms with Crippen molar-refractivity contribution in [3.05, 3.63) is 35.4 Å². The van der Waals surface area contributed by atoms with Gasteiger partial charge in [-0.2, -0.15) is 26.3 Å². The number of hydrogen-bond donors (Lipinski definition) is 2. The van der Waals surface area contributed by atoms with Crippen LogP contribution in [0.15, 0.2) is 29.3 Å². The first-order chi connectivity index (χ1) is 12.1. The molecule has 0 fully saturated rings. The van der Waals surface area contributed by atoms with Gasteiger partial charge in [-0.1, -0.05) is 24.3 Å². The van der Waals surface area contributed by atoms with Crippen LogP contribution in [0.5, 0.6) is 0 Å². The van der Waals surface area contributed by atoms with Crippen LogP contribution in [0, 0.1) is 0 Å². The zero-order valence-corrected chi connectivity index (χ0v) is 14.2. The van der Waals surface area contributed by atoms with E-state index < -0.39 is 25.4 Å². The van der Waals surface area contributed by atoms with Crippen LogP contribution in [0.3, 0.4) is 0 Å². The fourth-order valence-electron chi connectivity index (χ4n) is 1.94. The van der Waals surface area contributed by atoms with E-state index in [1.807, 2.05) is 0 Å². The molecular formula is C16H21F6N3O. The molecule has 1 rings (SSSR count). The highest BCUT2D eigenvalue weighted by molar-refractivity contribution is 5.79. The van der Waals surface area contributed by atoms with E-state index in [1.54, 1.807) is 31.2 Å². The number of nitrogens with zero attached hydrogens (tertiary/aromatic N) is 1. The number of halogens is 6. The number of nitrogens with one attached hydrogen (secondary N) is 2. The predicted molar refractivity (Wildman–Crippen MR) is 85.6 cm³/mol. The summed E-state index contributed by atoms with van der Waals surface area (Å²) >= 11 is 0. The molecule has 0 aliphatic heterocycles. The molecular weight excluding hydrogens is 364 g/mol. The number of ether oxygens (including phenoxy) is 1. The van der Waals surface area contributed by atoms with Crippen molar-refractivity contribution in [1.82, 2.24) is 10.6 Å². The summed E-state index contributed by atoms with van der Waals surface area (Å²) in [5.74, 6) is 0.232. The van der Waals surface area contributed by atoms with Gasteiger partial charge in [-0.15, -0.1) is 0 Å². The van der Waals surface area contributed by atoms with Gasteiger partial charge in [0.2, 0.25) is 0 Å². The molecule has 0 amide bonds. The Morgan fingerprint density at radius 2 is 1.73 bits per heavy atom. The van der Waals surface area contributed by atoms with Crippen molar-refractivity contribution < 1.29 is 31.1 Å². The number of alkyl halides is 6. The van der Waals surface area contributed by atoms with E-state index in [0.29, 0.717) is 17.7 Å². The molecule has 0 bridgehead atoms. The molecule has 0 aliphatic rings. The second-order valence-corrected chi connectivity index (χ2v) is 5.42. The minimum Gasteiger partial charge on any atom is -0.367 e. The van der Waals surface area contributed by atoms with E-state index in [1.165, 1.54) is 0 Å². The van der Waals surface area contributed by atoms with E-state index in [9.17, 15) is 26.3 Å². The van der Waals surface area contributed by atoms with E-state index in [2.05, 4.69) is 20.4 Å². The first-order valence-electron chi connectivity index (χ1n) is 7.90. The van der Waals surface area contributed by atoms with Crippen LogP contribution in [0.2, 0.25) is 0 Å². The first-order valence-corrected chi connectivity index (χ1v) is 7.90. The van der Waals surface area contributed by atoms with Crippen LogP contribution < -0.4 is 10.6 Å². The van der Waals surface area contributed by atoms with Gasteiger partial charge in [-0.25, -0.2) is 4.99 Å². The smallest absolute Gasteiger partial charge is 0.367 e. The largest absolute Gasteiger partial charge is 0.411 e. The lowest BCUT2D eigenvalue weighted by Crippen LogP contribution is -2.38. The van der Waals surface area contributed by atoms with Gasteiger partial charge in [0, 0.05) is 13.1 Å². The summed E-state index contributed by atoms with van der Waals surface area (Å²) in [5, 5.41) is 5.41. The summed E-state index contributed by atoms with van der Waals surface area (Å²) in [7, 11) is 0. The first kappa shape index (κ1) is 22.1. The van der Waals surface area contributed by atoms with E-state index in [-0.39, 0.29) is 25.7 Å². The molecule has 26 heavy (non-hydrogen) atoms. The topological polar surface area (TPSA) is 45.7 Å². The summed E-state index contributed by atoms with van der Waals surface area (Å²) in [6, 6.07) is 6.63. The lowest BCUT2D eigenvalue weighted by molar-refractivity contribution is -0.176. The molecule has 0 atom stereocenters. The van der Waals surface area contributed by atoms with Gasteiger partial charge in [0.15, 0.2) is 5.96 Å². The van der Waals surface area contributed by atoms with Gasteiger partial charge in [0.1, 0.15) is 6.61 Å². The summed E-state index contributed by atoms with van der Waals surface area (Å²) in [4.78, 5) is 4.17. The molecule has 0 spiro atoms. The van der Waals surface area contributed by atoms with Crippen LogP contribution in [0.25, 0.3) is 0 Å². The van der Waals surface area contributed by atoms with Crippen LogP contribution in [-0.4, -0.2) is 38.0 Å². The Kier molecular flexibility index (Phi) is 8.70. The maximum atomic E-state index is 12.2. The Balaban J connectivity index is 2.58. The van der Waals surface area contributed by atoms with Crippen LogP contribution in [0.1, 0.15) is 24.5 Å². The average molecular weight is 385 g/mol. The monoisotopic (exact) mass is 385 g/mol. The Morgan fingerprint density at radius 1 is 1.04 bits per heavy atom. The predicted octanol–water partition coefficient (Wildman–Crippen LogP) is 3.77. The molecule has 1 aromatic rings. The summed E-state index contributed by atoms with van der Waals surface area (Å²) < 4.78 is 77.3. The Labute approximate surface area is 147 Å². The molecule has 2 N–H and O–H groups in total. The number of rotatable bonds is 8.